The fourth-order valence-electron chi connectivity index (χ4n) is 1.09. The van der Waals surface area contributed by atoms with Gasteiger partial charge in [-0.15, -0.1) is 0 Å². The van der Waals surface area contributed by atoms with Gasteiger partial charge in [0.15, 0.2) is 11.6 Å². The minimum absolute atomic E-state index is 0.188. The highest BCUT2D eigenvalue weighted by molar-refractivity contribution is 5.39. The monoisotopic (exact) mass is 205 g/mol. The molecule has 0 bridgehead atoms. The number of halogens is 3. The van der Waals surface area contributed by atoms with Crippen molar-refractivity contribution in [2.24, 2.45) is 5.73 Å². The van der Waals surface area contributed by atoms with E-state index in [0.29, 0.717) is 0 Å². The highest BCUT2D eigenvalue weighted by Gasteiger charge is 2.22. The Bertz CT molecular complexity index is 341. The second kappa shape index (κ2) is 3.88. The molecule has 0 unspecified atom stereocenters. The van der Waals surface area contributed by atoms with Gasteiger partial charge in [0.25, 0.3) is 6.43 Å². The summed E-state index contributed by atoms with van der Waals surface area (Å²) in [4.78, 5) is 0. The number of aryl methyl sites for hydroxylation is 1. The van der Waals surface area contributed by atoms with Crippen molar-refractivity contribution in [2.75, 3.05) is 0 Å². The van der Waals surface area contributed by atoms with Crippen molar-refractivity contribution in [2.45, 2.75) is 19.4 Å². The lowest BCUT2D eigenvalue weighted by Crippen LogP contribution is -2.19. The SMILES string of the molecule is Cc1ccc([C@@H](N)C(F)F)c(O)c1F. The molecule has 0 aliphatic rings. The Balaban J connectivity index is 3.17. The third-order valence-electron chi connectivity index (χ3n) is 1.97. The highest BCUT2D eigenvalue weighted by Crippen LogP contribution is 2.30. The van der Waals surface area contributed by atoms with E-state index in [0.717, 1.165) is 0 Å². The van der Waals surface area contributed by atoms with Gasteiger partial charge in [0.05, 0.1) is 6.04 Å². The summed E-state index contributed by atoms with van der Waals surface area (Å²) < 4.78 is 37.4. The first-order chi connectivity index (χ1) is 6.45. The van der Waals surface area contributed by atoms with Crippen LogP contribution in [0.3, 0.4) is 0 Å². The van der Waals surface area contributed by atoms with E-state index >= 15 is 0 Å². The molecule has 0 saturated heterocycles. The summed E-state index contributed by atoms with van der Waals surface area (Å²) in [5, 5.41) is 9.21. The van der Waals surface area contributed by atoms with Gasteiger partial charge in [-0.2, -0.15) is 0 Å². The topological polar surface area (TPSA) is 46.2 Å². The molecule has 0 aliphatic heterocycles. The first-order valence-electron chi connectivity index (χ1n) is 3.97. The number of phenols is 1. The van der Waals surface area contributed by atoms with Crippen LogP contribution < -0.4 is 5.73 Å². The number of hydrogen-bond acceptors (Lipinski definition) is 2. The fraction of sp³-hybridized carbons (Fsp3) is 0.333. The molecule has 1 atom stereocenters. The van der Waals surface area contributed by atoms with E-state index in [1.165, 1.54) is 19.1 Å². The largest absolute Gasteiger partial charge is 0.505 e. The van der Waals surface area contributed by atoms with Gasteiger partial charge in [-0.25, -0.2) is 13.2 Å². The van der Waals surface area contributed by atoms with Gasteiger partial charge >= 0.3 is 0 Å². The van der Waals surface area contributed by atoms with Crippen LogP contribution in [0.1, 0.15) is 17.2 Å². The van der Waals surface area contributed by atoms with Crippen LogP contribution in [0.15, 0.2) is 12.1 Å². The Hall–Kier alpha value is -1.23. The van der Waals surface area contributed by atoms with Crippen LogP contribution in [0.5, 0.6) is 5.75 Å². The Kier molecular flexibility index (Phi) is 3.00. The molecule has 0 spiro atoms. The van der Waals surface area contributed by atoms with E-state index < -0.39 is 24.0 Å². The summed E-state index contributed by atoms with van der Waals surface area (Å²) in [7, 11) is 0. The summed E-state index contributed by atoms with van der Waals surface area (Å²) in [6.07, 6.45) is -2.83. The van der Waals surface area contributed by atoms with Crippen molar-refractivity contribution >= 4 is 0 Å². The first-order valence-corrected chi connectivity index (χ1v) is 3.97. The molecule has 3 N–H and O–H groups in total. The molecular weight excluding hydrogens is 195 g/mol. The predicted octanol–water partition coefficient (Wildman–Crippen LogP) is 2.10. The maximum absolute atomic E-state index is 13.1. The number of alkyl halides is 2. The molecular formula is C9H10F3NO. The lowest BCUT2D eigenvalue weighted by atomic mass is 10.0. The van der Waals surface area contributed by atoms with Crippen molar-refractivity contribution in [3.63, 3.8) is 0 Å². The van der Waals surface area contributed by atoms with Gasteiger partial charge in [0.1, 0.15) is 0 Å². The Morgan fingerprint density at radius 1 is 1.36 bits per heavy atom. The quantitative estimate of drug-likeness (QED) is 0.776. The normalized spacial score (nSPS) is 13.3. The Morgan fingerprint density at radius 2 is 1.93 bits per heavy atom. The van der Waals surface area contributed by atoms with E-state index in [1.807, 2.05) is 0 Å². The molecule has 1 aromatic carbocycles. The van der Waals surface area contributed by atoms with E-state index in [4.69, 9.17) is 5.73 Å². The maximum atomic E-state index is 13.1. The third kappa shape index (κ3) is 1.82. The lowest BCUT2D eigenvalue weighted by Gasteiger charge is -2.13. The summed E-state index contributed by atoms with van der Waals surface area (Å²) in [6, 6.07) is 0.835. The number of hydrogen-bond donors (Lipinski definition) is 2. The van der Waals surface area contributed by atoms with Gasteiger partial charge in [0.2, 0.25) is 0 Å². The smallest absolute Gasteiger partial charge is 0.257 e. The van der Waals surface area contributed by atoms with Crippen molar-refractivity contribution in [3.8, 4) is 5.75 Å². The van der Waals surface area contributed by atoms with Crippen LogP contribution in [-0.4, -0.2) is 11.5 Å². The number of rotatable bonds is 2. The van der Waals surface area contributed by atoms with Gasteiger partial charge < -0.3 is 10.8 Å². The third-order valence-corrected chi connectivity index (χ3v) is 1.97. The number of aromatic hydroxyl groups is 1. The van der Waals surface area contributed by atoms with Gasteiger partial charge in [0, 0.05) is 5.56 Å². The van der Waals surface area contributed by atoms with Crippen molar-refractivity contribution in [1.29, 1.82) is 0 Å². The number of benzene rings is 1. The molecule has 0 aromatic heterocycles. The molecule has 5 heteroatoms. The van der Waals surface area contributed by atoms with Crippen LogP contribution in [0.4, 0.5) is 13.2 Å². The standard InChI is InChI=1S/C9H10F3NO/c1-4-2-3-5(7(13)9(11)12)8(14)6(4)10/h2-3,7,9,14H,13H2,1H3/t7-/m1/s1. The maximum Gasteiger partial charge on any atom is 0.257 e. The molecule has 1 rings (SSSR count). The number of phenolic OH excluding ortho intramolecular Hbond substituents is 1. The summed E-state index contributed by atoms with van der Waals surface area (Å²) in [6.45, 7) is 1.42. The fourth-order valence-corrected chi connectivity index (χ4v) is 1.09. The lowest BCUT2D eigenvalue weighted by molar-refractivity contribution is 0.115. The Morgan fingerprint density at radius 3 is 2.43 bits per heavy atom. The molecule has 0 saturated carbocycles. The van der Waals surface area contributed by atoms with Crippen LogP contribution in [0.2, 0.25) is 0 Å². The minimum Gasteiger partial charge on any atom is -0.505 e. The summed E-state index contributed by atoms with van der Waals surface area (Å²) in [5.74, 6) is -1.70. The minimum atomic E-state index is -2.83. The van der Waals surface area contributed by atoms with Crippen molar-refractivity contribution in [3.05, 3.63) is 29.1 Å². The second-order valence-electron chi connectivity index (χ2n) is 2.99. The molecule has 78 valence electrons. The second-order valence-corrected chi connectivity index (χ2v) is 2.99. The van der Waals surface area contributed by atoms with Crippen LogP contribution in [0.25, 0.3) is 0 Å². The average Bonchev–Trinajstić information content (AvgIpc) is 2.13. The van der Waals surface area contributed by atoms with Crippen LogP contribution in [0, 0.1) is 12.7 Å². The van der Waals surface area contributed by atoms with Crippen LogP contribution in [-0.2, 0) is 0 Å². The molecule has 1 aromatic rings. The molecule has 0 amide bonds. The number of nitrogens with two attached hydrogens (primary N) is 1. The predicted molar refractivity (Wildman–Crippen MR) is 45.7 cm³/mol. The van der Waals surface area contributed by atoms with Gasteiger partial charge in [-0.1, -0.05) is 12.1 Å². The zero-order valence-electron chi connectivity index (χ0n) is 7.47. The van der Waals surface area contributed by atoms with E-state index in [2.05, 4.69) is 0 Å². The molecule has 0 fully saturated rings. The average molecular weight is 205 g/mol. The molecule has 0 radical (unpaired) electrons. The highest BCUT2D eigenvalue weighted by atomic mass is 19.3. The van der Waals surface area contributed by atoms with Crippen molar-refractivity contribution in [1.82, 2.24) is 0 Å². The summed E-state index contributed by atoms with van der Waals surface area (Å²) in [5.41, 5.74) is 4.99. The zero-order chi connectivity index (χ0) is 10.9. The van der Waals surface area contributed by atoms with E-state index in [9.17, 15) is 18.3 Å². The van der Waals surface area contributed by atoms with Gasteiger partial charge in [-0.3, -0.25) is 0 Å². The Labute approximate surface area is 79.2 Å². The van der Waals surface area contributed by atoms with E-state index in [1.54, 1.807) is 0 Å². The van der Waals surface area contributed by atoms with Gasteiger partial charge in [-0.05, 0) is 12.5 Å². The summed E-state index contributed by atoms with van der Waals surface area (Å²) >= 11 is 0. The molecule has 0 heterocycles. The molecule has 2 nitrogen and oxygen atoms in total. The first kappa shape index (κ1) is 10.8. The molecule has 14 heavy (non-hydrogen) atoms. The van der Waals surface area contributed by atoms with Crippen molar-refractivity contribution < 1.29 is 18.3 Å². The van der Waals surface area contributed by atoms with E-state index in [-0.39, 0.29) is 11.1 Å². The molecule has 0 aliphatic carbocycles. The van der Waals surface area contributed by atoms with Crippen LogP contribution >= 0.6 is 0 Å². The zero-order valence-corrected chi connectivity index (χ0v) is 7.47.